The van der Waals surface area contributed by atoms with Gasteiger partial charge in [-0.15, -0.1) is 0 Å². The molecule has 0 spiro atoms. The number of furan rings is 1. The van der Waals surface area contributed by atoms with Crippen molar-refractivity contribution in [1.82, 2.24) is 10.2 Å². The van der Waals surface area contributed by atoms with Crippen LogP contribution in [0.3, 0.4) is 0 Å². The lowest BCUT2D eigenvalue weighted by molar-refractivity contribution is -0.121. The zero-order chi connectivity index (χ0) is 20.5. The van der Waals surface area contributed by atoms with Crippen molar-refractivity contribution in [1.29, 1.82) is 0 Å². The molecule has 1 atom stereocenters. The second kappa shape index (κ2) is 10.8. The predicted molar refractivity (Wildman–Crippen MR) is 111 cm³/mol. The minimum Gasteiger partial charge on any atom is -0.494 e. The zero-order valence-corrected chi connectivity index (χ0v) is 17.1. The van der Waals surface area contributed by atoms with Gasteiger partial charge in [0.25, 0.3) is 0 Å². The Morgan fingerprint density at radius 2 is 1.90 bits per heavy atom. The molecule has 1 N–H and O–H groups in total. The van der Waals surface area contributed by atoms with Gasteiger partial charge < -0.3 is 14.5 Å². The van der Waals surface area contributed by atoms with Gasteiger partial charge in [-0.25, -0.2) is 0 Å². The lowest BCUT2D eigenvalue weighted by Gasteiger charge is -2.33. The molecule has 3 rings (SSSR count). The van der Waals surface area contributed by atoms with E-state index >= 15 is 0 Å². The van der Waals surface area contributed by atoms with E-state index in [1.165, 1.54) is 26.2 Å². The number of carbonyl (C=O) groups excluding carboxylic acids is 2. The number of Topliss-reactive ketones (excluding diaryl/α,β-unsaturated/α-hetero) is 1. The van der Waals surface area contributed by atoms with Crippen LogP contribution < -0.4 is 10.1 Å². The maximum absolute atomic E-state index is 12.3. The van der Waals surface area contributed by atoms with Crippen molar-refractivity contribution in [2.45, 2.75) is 45.1 Å². The van der Waals surface area contributed by atoms with Crippen LogP contribution in [0.5, 0.6) is 5.75 Å². The van der Waals surface area contributed by atoms with Gasteiger partial charge in [-0.2, -0.15) is 0 Å². The molecule has 1 saturated heterocycles. The molecular weight excluding hydrogens is 368 g/mol. The lowest BCUT2D eigenvalue weighted by Crippen LogP contribution is -2.40. The first-order valence-corrected chi connectivity index (χ1v) is 10.4. The van der Waals surface area contributed by atoms with Crippen LogP contribution in [0.25, 0.3) is 0 Å². The van der Waals surface area contributed by atoms with Crippen molar-refractivity contribution in [3.05, 3.63) is 54.0 Å². The van der Waals surface area contributed by atoms with E-state index in [1.807, 2.05) is 12.1 Å². The van der Waals surface area contributed by atoms with Crippen LogP contribution in [0, 0.1) is 0 Å². The van der Waals surface area contributed by atoms with Crippen LogP contribution in [0.2, 0.25) is 0 Å². The van der Waals surface area contributed by atoms with E-state index in [0.717, 1.165) is 18.8 Å². The molecule has 0 aliphatic carbocycles. The Kier molecular flexibility index (Phi) is 7.87. The van der Waals surface area contributed by atoms with Gasteiger partial charge in [0, 0.05) is 18.5 Å². The van der Waals surface area contributed by atoms with Gasteiger partial charge in [0.1, 0.15) is 11.5 Å². The summed E-state index contributed by atoms with van der Waals surface area (Å²) in [5, 5.41) is 3.05. The van der Waals surface area contributed by atoms with Gasteiger partial charge in [0.05, 0.1) is 18.9 Å². The molecule has 29 heavy (non-hydrogen) atoms. The summed E-state index contributed by atoms with van der Waals surface area (Å²) in [5.41, 5.74) is 0.663. The van der Waals surface area contributed by atoms with Gasteiger partial charge >= 0.3 is 0 Å². The van der Waals surface area contributed by atoms with Crippen molar-refractivity contribution in [2.75, 3.05) is 26.2 Å². The molecule has 1 aliphatic rings. The maximum atomic E-state index is 12.3. The van der Waals surface area contributed by atoms with Crippen LogP contribution in [-0.4, -0.2) is 42.8 Å². The summed E-state index contributed by atoms with van der Waals surface area (Å²) < 4.78 is 11.3. The quantitative estimate of drug-likeness (QED) is 0.484. The Hall–Kier alpha value is -2.60. The number of ketones is 1. The summed E-state index contributed by atoms with van der Waals surface area (Å²) in [7, 11) is 0. The van der Waals surface area contributed by atoms with Crippen LogP contribution in [0.4, 0.5) is 0 Å². The third-order valence-corrected chi connectivity index (χ3v) is 5.27. The van der Waals surface area contributed by atoms with Crippen LogP contribution in [-0.2, 0) is 4.79 Å². The molecule has 0 radical (unpaired) electrons. The van der Waals surface area contributed by atoms with E-state index in [1.54, 1.807) is 30.5 Å². The SMILES string of the molecule is CC(=O)c1ccc(OCCCC(=O)NCC(c2ccco2)N2CCCCC2)cc1. The highest BCUT2D eigenvalue weighted by atomic mass is 16.5. The third-order valence-electron chi connectivity index (χ3n) is 5.27. The van der Waals surface area contributed by atoms with Crippen molar-refractivity contribution in [3.8, 4) is 5.75 Å². The van der Waals surface area contributed by atoms with E-state index in [9.17, 15) is 9.59 Å². The Labute approximate surface area is 172 Å². The fourth-order valence-corrected chi connectivity index (χ4v) is 3.63. The number of rotatable bonds is 10. The van der Waals surface area contributed by atoms with Crippen LogP contribution in [0.1, 0.15) is 61.2 Å². The molecule has 1 aromatic heterocycles. The Balaban J connectivity index is 1.39. The highest BCUT2D eigenvalue weighted by Crippen LogP contribution is 2.24. The number of nitrogens with one attached hydrogen (secondary N) is 1. The van der Waals surface area contributed by atoms with Crippen LogP contribution in [0.15, 0.2) is 47.1 Å². The fraction of sp³-hybridized carbons (Fsp3) is 0.478. The summed E-state index contributed by atoms with van der Waals surface area (Å²) in [6, 6.07) is 11.0. The standard InChI is InChI=1S/C23H30N2O4/c1-18(26)19-9-11-20(12-10-19)28-15-6-8-23(27)24-17-21(22-7-5-16-29-22)25-13-3-2-4-14-25/h5,7,9-12,16,21H,2-4,6,8,13-15,17H2,1H3,(H,24,27). The molecule has 156 valence electrons. The molecule has 1 amide bonds. The summed E-state index contributed by atoms with van der Waals surface area (Å²) in [6.07, 6.45) is 6.39. The molecular formula is C23H30N2O4. The van der Waals surface area contributed by atoms with Crippen LogP contribution >= 0.6 is 0 Å². The lowest BCUT2D eigenvalue weighted by atomic mass is 10.1. The molecule has 6 nitrogen and oxygen atoms in total. The van der Waals surface area contributed by atoms with E-state index in [0.29, 0.717) is 37.3 Å². The molecule has 1 aliphatic heterocycles. The summed E-state index contributed by atoms with van der Waals surface area (Å²) in [4.78, 5) is 26.0. The monoisotopic (exact) mass is 398 g/mol. The second-order valence-corrected chi connectivity index (χ2v) is 7.46. The normalized spacial score (nSPS) is 15.6. The molecule has 0 saturated carbocycles. The smallest absolute Gasteiger partial charge is 0.220 e. The van der Waals surface area contributed by atoms with E-state index < -0.39 is 0 Å². The molecule has 1 fully saturated rings. The third kappa shape index (κ3) is 6.46. The minimum absolute atomic E-state index is 0.0223. The summed E-state index contributed by atoms with van der Waals surface area (Å²) in [5.74, 6) is 1.67. The maximum Gasteiger partial charge on any atom is 0.220 e. The van der Waals surface area contributed by atoms with E-state index in [4.69, 9.17) is 9.15 Å². The molecule has 2 heterocycles. The zero-order valence-electron chi connectivity index (χ0n) is 17.1. The topological polar surface area (TPSA) is 71.8 Å². The molecule has 0 bridgehead atoms. The summed E-state index contributed by atoms with van der Waals surface area (Å²) >= 11 is 0. The van der Waals surface area contributed by atoms with Gasteiger partial charge in [-0.3, -0.25) is 14.5 Å². The highest BCUT2D eigenvalue weighted by Gasteiger charge is 2.24. The number of hydrogen-bond donors (Lipinski definition) is 1. The molecule has 2 aromatic rings. The van der Waals surface area contributed by atoms with Crippen molar-refractivity contribution >= 4 is 11.7 Å². The summed E-state index contributed by atoms with van der Waals surface area (Å²) in [6.45, 7) is 4.63. The number of amides is 1. The second-order valence-electron chi connectivity index (χ2n) is 7.46. The number of hydrogen-bond acceptors (Lipinski definition) is 5. The first-order valence-electron chi connectivity index (χ1n) is 10.4. The largest absolute Gasteiger partial charge is 0.494 e. The number of benzene rings is 1. The van der Waals surface area contributed by atoms with Gasteiger partial charge in [-0.05, 0) is 75.7 Å². The predicted octanol–water partition coefficient (Wildman–Crippen LogP) is 3.98. The number of likely N-dealkylation sites (tertiary alicyclic amines) is 1. The molecule has 6 heteroatoms. The first-order chi connectivity index (χ1) is 14.1. The fourth-order valence-electron chi connectivity index (χ4n) is 3.63. The van der Waals surface area contributed by atoms with Gasteiger partial charge in [0.2, 0.25) is 5.91 Å². The van der Waals surface area contributed by atoms with Crippen molar-refractivity contribution in [3.63, 3.8) is 0 Å². The Morgan fingerprint density at radius 3 is 2.55 bits per heavy atom. The number of nitrogens with zero attached hydrogens (tertiary/aromatic N) is 1. The minimum atomic E-state index is 0.0223. The average molecular weight is 399 g/mol. The number of piperidine rings is 1. The van der Waals surface area contributed by atoms with E-state index in [-0.39, 0.29) is 17.7 Å². The Morgan fingerprint density at radius 1 is 1.14 bits per heavy atom. The highest BCUT2D eigenvalue weighted by molar-refractivity contribution is 5.94. The van der Waals surface area contributed by atoms with Gasteiger partial charge in [-0.1, -0.05) is 6.42 Å². The first kappa shape index (κ1) is 21.1. The van der Waals surface area contributed by atoms with Crippen molar-refractivity contribution < 1.29 is 18.7 Å². The Bertz CT molecular complexity index is 765. The van der Waals surface area contributed by atoms with Crippen molar-refractivity contribution in [2.24, 2.45) is 0 Å². The molecule has 1 aromatic carbocycles. The molecule has 1 unspecified atom stereocenters. The number of carbonyl (C=O) groups is 2. The number of ether oxygens (including phenoxy) is 1. The average Bonchev–Trinajstić information content (AvgIpc) is 3.27. The van der Waals surface area contributed by atoms with Gasteiger partial charge in [0.15, 0.2) is 5.78 Å². The van der Waals surface area contributed by atoms with E-state index in [2.05, 4.69) is 10.2 Å².